The van der Waals surface area contributed by atoms with Gasteiger partial charge in [0.05, 0.1) is 34.2 Å². The van der Waals surface area contributed by atoms with E-state index in [1.54, 1.807) is 0 Å². The Morgan fingerprint density at radius 1 is 0.516 bits per heavy atom. The predicted molar refractivity (Wildman–Crippen MR) is 125 cm³/mol. The van der Waals surface area contributed by atoms with Crippen molar-refractivity contribution in [3.8, 4) is 0 Å². The van der Waals surface area contributed by atoms with E-state index in [-0.39, 0.29) is 18.8 Å². The average molecular weight is 443 g/mol. The zero-order valence-corrected chi connectivity index (χ0v) is 20.4. The van der Waals surface area contributed by atoms with Gasteiger partial charge in [-0.3, -0.25) is 14.4 Å². The molecule has 0 unspecified atom stereocenters. The second-order valence-electron chi connectivity index (χ2n) is 7.56. The van der Waals surface area contributed by atoms with E-state index in [9.17, 15) is 14.4 Å². The van der Waals surface area contributed by atoms with Crippen molar-refractivity contribution < 1.29 is 28.6 Å². The van der Waals surface area contributed by atoms with Gasteiger partial charge in [0.2, 0.25) is 0 Å². The third-order valence-electron chi connectivity index (χ3n) is 4.86. The van der Waals surface area contributed by atoms with Crippen LogP contribution in [0.25, 0.3) is 0 Å². The van der Waals surface area contributed by atoms with Crippen molar-refractivity contribution in [2.45, 2.75) is 110 Å². The second kappa shape index (κ2) is 26.2. The van der Waals surface area contributed by atoms with Crippen molar-refractivity contribution in [2.24, 2.45) is 0 Å². The molecule has 0 aromatic heterocycles. The summed E-state index contributed by atoms with van der Waals surface area (Å²) in [6, 6.07) is 0. The largest absolute Gasteiger partial charge is 0.469 e. The number of allylic oxidation sites excluding steroid dienone is 2. The van der Waals surface area contributed by atoms with Gasteiger partial charge in [0, 0.05) is 6.42 Å². The smallest absolute Gasteiger partial charge is 0.306 e. The van der Waals surface area contributed by atoms with Gasteiger partial charge in [-0.05, 0) is 32.1 Å². The van der Waals surface area contributed by atoms with E-state index < -0.39 is 11.9 Å². The molecule has 0 saturated heterocycles. The fourth-order valence-electron chi connectivity index (χ4n) is 2.85. The summed E-state index contributed by atoms with van der Waals surface area (Å²) in [5, 5.41) is 0. The molecule has 0 N–H and O–H groups in total. The molecule has 0 aliphatic heterocycles. The normalized spacial score (nSPS) is 10.3. The summed E-state index contributed by atoms with van der Waals surface area (Å²) >= 11 is 0. The van der Waals surface area contributed by atoms with Crippen LogP contribution in [0, 0.1) is 0 Å². The second-order valence-corrected chi connectivity index (χ2v) is 7.56. The summed E-state index contributed by atoms with van der Waals surface area (Å²) in [5.74, 6) is -0.872. The van der Waals surface area contributed by atoms with E-state index in [2.05, 4.69) is 33.3 Å². The van der Waals surface area contributed by atoms with Crippen LogP contribution in [0.3, 0.4) is 0 Å². The molecule has 0 radical (unpaired) electrons. The van der Waals surface area contributed by atoms with Gasteiger partial charge >= 0.3 is 17.9 Å². The van der Waals surface area contributed by atoms with Crippen LogP contribution in [0.1, 0.15) is 110 Å². The molecule has 0 rings (SSSR count). The molecule has 0 heterocycles. The highest BCUT2D eigenvalue weighted by atomic mass is 16.5. The zero-order valence-electron chi connectivity index (χ0n) is 20.4. The number of unbranched alkanes of at least 4 members (excludes halogenated alkanes) is 11. The number of esters is 3. The molecular weight excluding hydrogens is 396 g/mol. The van der Waals surface area contributed by atoms with E-state index in [1.165, 1.54) is 92.0 Å². The minimum atomic E-state index is -0.398. The summed E-state index contributed by atoms with van der Waals surface area (Å²) in [6.45, 7) is 2.27. The van der Waals surface area contributed by atoms with Crippen molar-refractivity contribution in [1.29, 1.82) is 0 Å². The summed E-state index contributed by atoms with van der Waals surface area (Å²) in [6.07, 6.45) is 22.2. The molecule has 6 heteroatoms. The Morgan fingerprint density at radius 3 is 1.29 bits per heavy atom. The molecule has 0 saturated carbocycles. The number of rotatable bonds is 18. The van der Waals surface area contributed by atoms with Crippen molar-refractivity contribution in [2.75, 3.05) is 21.3 Å². The quantitative estimate of drug-likeness (QED) is 0.107. The highest BCUT2D eigenvalue weighted by Gasteiger charge is 2.05. The van der Waals surface area contributed by atoms with Crippen molar-refractivity contribution in [3.05, 3.63) is 12.2 Å². The van der Waals surface area contributed by atoms with Gasteiger partial charge in [-0.2, -0.15) is 0 Å². The molecular formula is C25H46O6. The Morgan fingerprint density at radius 2 is 0.871 bits per heavy atom. The van der Waals surface area contributed by atoms with Gasteiger partial charge in [0.25, 0.3) is 0 Å². The lowest BCUT2D eigenvalue weighted by molar-refractivity contribution is -0.147. The maximum atomic E-state index is 10.9. The van der Waals surface area contributed by atoms with E-state index in [0.29, 0.717) is 6.42 Å². The third-order valence-corrected chi connectivity index (χ3v) is 4.86. The molecule has 0 aliphatic carbocycles. The Kier molecular flexibility index (Phi) is 26.5. The number of hydrogen-bond donors (Lipinski definition) is 0. The molecule has 0 bridgehead atoms. The molecule has 0 fully saturated rings. The first kappa shape index (κ1) is 31.3. The van der Waals surface area contributed by atoms with E-state index >= 15 is 0 Å². The van der Waals surface area contributed by atoms with Gasteiger partial charge < -0.3 is 14.2 Å². The van der Waals surface area contributed by atoms with Crippen molar-refractivity contribution in [3.63, 3.8) is 0 Å². The van der Waals surface area contributed by atoms with Crippen molar-refractivity contribution >= 4 is 17.9 Å². The van der Waals surface area contributed by atoms with E-state index in [4.69, 9.17) is 0 Å². The SMILES string of the molecule is CCCCCCCC/C=C\CCCCCCCC(=O)OC.COC(=O)CCC(=O)OC. The molecule has 6 nitrogen and oxygen atoms in total. The first-order valence-electron chi connectivity index (χ1n) is 11.9. The zero-order chi connectivity index (χ0) is 23.6. The number of methoxy groups -OCH3 is 3. The average Bonchev–Trinajstić information content (AvgIpc) is 2.79. The standard InChI is InChI=1S/C19H36O2.C6H10O4/c1-3-4-5-6-7-8-9-10-11-12-13-14-15-16-17-18-19(20)21-2;1-9-5(7)3-4-6(8)10-2/h10-11H,3-9,12-18H2,1-2H3;3-4H2,1-2H3/b11-10-;. The number of carbonyl (C=O) groups excluding carboxylic acids is 3. The highest BCUT2D eigenvalue weighted by Crippen LogP contribution is 2.10. The van der Waals surface area contributed by atoms with Crippen molar-refractivity contribution in [1.82, 2.24) is 0 Å². The summed E-state index contributed by atoms with van der Waals surface area (Å²) in [4.78, 5) is 31.7. The van der Waals surface area contributed by atoms with Gasteiger partial charge in [-0.25, -0.2) is 0 Å². The fourth-order valence-corrected chi connectivity index (χ4v) is 2.85. The number of ether oxygens (including phenoxy) is 3. The van der Waals surface area contributed by atoms with Crippen LogP contribution >= 0.6 is 0 Å². The predicted octanol–water partition coefficient (Wildman–Crippen LogP) is 6.31. The number of carbonyl (C=O) groups is 3. The Bertz CT molecular complexity index is 443. The number of hydrogen-bond acceptors (Lipinski definition) is 6. The van der Waals surface area contributed by atoms with E-state index in [1.807, 2.05) is 0 Å². The Labute approximate surface area is 190 Å². The van der Waals surface area contributed by atoms with Gasteiger partial charge in [-0.15, -0.1) is 0 Å². The van der Waals surface area contributed by atoms with E-state index in [0.717, 1.165) is 12.8 Å². The minimum Gasteiger partial charge on any atom is -0.469 e. The minimum absolute atomic E-state index is 0.0763. The van der Waals surface area contributed by atoms with Crippen LogP contribution in [-0.4, -0.2) is 39.2 Å². The maximum Gasteiger partial charge on any atom is 0.306 e. The maximum absolute atomic E-state index is 10.9. The summed E-state index contributed by atoms with van der Waals surface area (Å²) < 4.78 is 13.2. The lowest BCUT2D eigenvalue weighted by atomic mass is 10.1. The van der Waals surface area contributed by atoms with Crippen LogP contribution in [-0.2, 0) is 28.6 Å². The Hall–Kier alpha value is -1.85. The first-order valence-corrected chi connectivity index (χ1v) is 11.9. The lowest BCUT2D eigenvalue weighted by Gasteiger charge is -2.00. The monoisotopic (exact) mass is 442 g/mol. The Balaban J connectivity index is 0. The van der Waals surface area contributed by atoms with Crippen LogP contribution in [0.15, 0.2) is 12.2 Å². The first-order chi connectivity index (χ1) is 15.0. The topological polar surface area (TPSA) is 78.9 Å². The molecule has 0 aromatic carbocycles. The highest BCUT2D eigenvalue weighted by molar-refractivity contribution is 5.77. The molecule has 31 heavy (non-hydrogen) atoms. The van der Waals surface area contributed by atoms with Crippen LogP contribution in [0.5, 0.6) is 0 Å². The molecule has 0 spiro atoms. The van der Waals surface area contributed by atoms with Gasteiger partial charge in [-0.1, -0.05) is 70.4 Å². The lowest BCUT2D eigenvalue weighted by Crippen LogP contribution is -2.06. The van der Waals surface area contributed by atoms with Crippen LogP contribution in [0.2, 0.25) is 0 Å². The molecule has 0 amide bonds. The van der Waals surface area contributed by atoms with Gasteiger partial charge in [0.1, 0.15) is 0 Å². The van der Waals surface area contributed by atoms with Crippen LogP contribution in [0.4, 0.5) is 0 Å². The summed E-state index contributed by atoms with van der Waals surface area (Å²) in [7, 11) is 4.01. The van der Waals surface area contributed by atoms with Crippen LogP contribution < -0.4 is 0 Å². The van der Waals surface area contributed by atoms with Gasteiger partial charge in [0.15, 0.2) is 0 Å². The molecule has 0 aromatic rings. The fraction of sp³-hybridized carbons (Fsp3) is 0.800. The third kappa shape index (κ3) is 28.2. The summed E-state index contributed by atoms with van der Waals surface area (Å²) in [5.41, 5.74) is 0. The molecule has 0 aliphatic rings. The molecule has 182 valence electrons. The molecule has 0 atom stereocenters.